The van der Waals surface area contributed by atoms with E-state index in [9.17, 15) is 8.78 Å². The van der Waals surface area contributed by atoms with Crippen molar-refractivity contribution in [2.24, 2.45) is 4.99 Å². The Morgan fingerprint density at radius 3 is 2.64 bits per heavy atom. The first-order valence-corrected chi connectivity index (χ1v) is 6.81. The van der Waals surface area contributed by atoms with Crippen LogP contribution in [0.1, 0.15) is 13.3 Å². The summed E-state index contributed by atoms with van der Waals surface area (Å²) in [6.07, 6.45) is 4.96. The van der Waals surface area contributed by atoms with Gasteiger partial charge in [0.2, 0.25) is 0 Å². The third-order valence-electron chi connectivity index (χ3n) is 2.61. The number of halogens is 3. The Bertz CT molecular complexity index is 496. The number of benzene rings is 1. The van der Waals surface area contributed by atoms with Gasteiger partial charge in [0, 0.05) is 19.7 Å². The maximum atomic E-state index is 13.3. The van der Waals surface area contributed by atoms with Crippen LogP contribution in [0.5, 0.6) is 5.75 Å². The number of guanidine groups is 1. The third kappa shape index (κ3) is 8.16. The third-order valence-corrected chi connectivity index (χ3v) is 2.61. The first-order chi connectivity index (χ1) is 10.2. The molecule has 22 heavy (non-hydrogen) atoms. The smallest absolute Gasteiger partial charge is 0.191 e. The monoisotopic (exact) mass is 425 g/mol. The van der Waals surface area contributed by atoms with Gasteiger partial charge in [-0.05, 0) is 25.5 Å². The molecular weight excluding hydrogens is 403 g/mol. The minimum atomic E-state index is -0.705. The van der Waals surface area contributed by atoms with Crippen LogP contribution in [0.15, 0.2) is 35.3 Å². The van der Waals surface area contributed by atoms with Gasteiger partial charge in [0.1, 0.15) is 12.4 Å². The van der Waals surface area contributed by atoms with Crippen LogP contribution in [0.2, 0.25) is 0 Å². The summed E-state index contributed by atoms with van der Waals surface area (Å²) >= 11 is 0. The minimum Gasteiger partial charge on any atom is -0.489 e. The maximum absolute atomic E-state index is 13.3. The summed E-state index contributed by atoms with van der Waals surface area (Å²) in [4.78, 5) is 4.05. The van der Waals surface area contributed by atoms with Gasteiger partial charge in [0.15, 0.2) is 17.5 Å². The SMILES string of the molecule is CC=CCCNC(=NC)NCCOc1ccc(F)cc1F.I. The normalized spacial score (nSPS) is 11.2. The summed E-state index contributed by atoms with van der Waals surface area (Å²) in [7, 11) is 1.67. The molecule has 4 nitrogen and oxygen atoms in total. The van der Waals surface area contributed by atoms with Gasteiger partial charge in [0.05, 0.1) is 6.54 Å². The van der Waals surface area contributed by atoms with Crippen molar-refractivity contribution < 1.29 is 13.5 Å². The van der Waals surface area contributed by atoms with Gasteiger partial charge in [-0.25, -0.2) is 8.78 Å². The number of rotatable bonds is 7. The van der Waals surface area contributed by atoms with E-state index in [0.717, 1.165) is 25.1 Å². The lowest BCUT2D eigenvalue weighted by molar-refractivity contribution is 0.304. The second-order valence-electron chi connectivity index (χ2n) is 4.21. The zero-order chi connectivity index (χ0) is 15.5. The molecule has 0 radical (unpaired) electrons. The van der Waals surface area contributed by atoms with E-state index >= 15 is 0 Å². The van der Waals surface area contributed by atoms with Gasteiger partial charge >= 0.3 is 0 Å². The molecule has 0 aliphatic carbocycles. The minimum absolute atomic E-state index is 0. The molecule has 0 saturated heterocycles. The first-order valence-electron chi connectivity index (χ1n) is 6.81. The summed E-state index contributed by atoms with van der Waals surface area (Å²) in [5.74, 6) is -0.635. The van der Waals surface area contributed by atoms with E-state index in [-0.39, 0.29) is 36.3 Å². The van der Waals surface area contributed by atoms with Crippen molar-refractivity contribution in [1.82, 2.24) is 10.6 Å². The Hall–Kier alpha value is -1.38. The second-order valence-corrected chi connectivity index (χ2v) is 4.21. The van der Waals surface area contributed by atoms with E-state index in [0.29, 0.717) is 12.5 Å². The molecule has 0 aliphatic rings. The average molecular weight is 425 g/mol. The highest BCUT2D eigenvalue weighted by atomic mass is 127. The highest BCUT2D eigenvalue weighted by Gasteiger charge is 2.04. The van der Waals surface area contributed by atoms with Gasteiger partial charge in [-0.2, -0.15) is 0 Å². The fraction of sp³-hybridized carbons (Fsp3) is 0.400. The van der Waals surface area contributed by atoms with Gasteiger partial charge in [0.25, 0.3) is 0 Å². The molecule has 0 aliphatic heterocycles. The zero-order valence-electron chi connectivity index (χ0n) is 12.7. The van der Waals surface area contributed by atoms with Crippen molar-refractivity contribution in [2.75, 3.05) is 26.7 Å². The predicted octanol–water partition coefficient (Wildman–Crippen LogP) is 3.09. The summed E-state index contributed by atoms with van der Waals surface area (Å²) in [5.41, 5.74) is 0. The Morgan fingerprint density at radius 2 is 2.00 bits per heavy atom. The molecule has 2 N–H and O–H groups in total. The Kier molecular flexibility index (Phi) is 11.4. The van der Waals surface area contributed by atoms with Crippen molar-refractivity contribution in [3.05, 3.63) is 42.0 Å². The van der Waals surface area contributed by atoms with Crippen LogP contribution in [-0.4, -0.2) is 32.7 Å². The van der Waals surface area contributed by atoms with Crippen LogP contribution in [0.4, 0.5) is 8.78 Å². The summed E-state index contributed by atoms with van der Waals surface area (Å²) < 4.78 is 31.3. The molecule has 0 unspecified atom stereocenters. The first kappa shape index (κ1) is 20.6. The lowest BCUT2D eigenvalue weighted by Crippen LogP contribution is -2.39. The van der Waals surface area contributed by atoms with Gasteiger partial charge in [-0.15, -0.1) is 24.0 Å². The van der Waals surface area contributed by atoms with Crippen LogP contribution in [0, 0.1) is 11.6 Å². The van der Waals surface area contributed by atoms with Crippen molar-refractivity contribution in [2.45, 2.75) is 13.3 Å². The predicted molar refractivity (Wildman–Crippen MR) is 96.1 cm³/mol. The highest BCUT2D eigenvalue weighted by molar-refractivity contribution is 14.0. The van der Waals surface area contributed by atoms with E-state index in [2.05, 4.69) is 21.7 Å². The fourth-order valence-electron chi connectivity index (χ4n) is 1.58. The van der Waals surface area contributed by atoms with Crippen LogP contribution >= 0.6 is 24.0 Å². The maximum Gasteiger partial charge on any atom is 0.191 e. The van der Waals surface area contributed by atoms with Crippen molar-refractivity contribution in [3.63, 3.8) is 0 Å². The number of aliphatic imine (C=N–C) groups is 1. The lowest BCUT2D eigenvalue weighted by Gasteiger charge is -2.12. The Labute approximate surface area is 147 Å². The number of hydrogen-bond donors (Lipinski definition) is 2. The second kappa shape index (κ2) is 12.2. The molecular formula is C15H22F2IN3O. The molecule has 0 bridgehead atoms. The Morgan fingerprint density at radius 1 is 1.27 bits per heavy atom. The standard InChI is InChI=1S/C15H21F2N3O.HI/c1-3-4-5-8-19-15(18-2)20-9-10-21-14-7-6-12(16)11-13(14)17;/h3-4,6-7,11H,5,8-10H2,1-2H3,(H2,18,19,20);1H. The molecule has 0 aromatic heterocycles. The van der Waals surface area contributed by atoms with Gasteiger partial charge < -0.3 is 15.4 Å². The van der Waals surface area contributed by atoms with Crippen LogP contribution in [0.3, 0.4) is 0 Å². The largest absolute Gasteiger partial charge is 0.489 e. The van der Waals surface area contributed by atoms with Crippen molar-refractivity contribution in [1.29, 1.82) is 0 Å². The summed E-state index contributed by atoms with van der Waals surface area (Å²) in [5, 5.41) is 6.17. The van der Waals surface area contributed by atoms with E-state index in [4.69, 9.17) is 4.74 Å². The molecule has 124 valence electrons. The number of nitrogens with zero attached hydrogens (tertiary/aromatic N) is 1. The van der Waals surface area contributed by atoms with E-state index < -0.39 is 11.6 Å². The molecule has 0 amide bonds. The van der Waals surface area contributed by atoms with Crippen LogP contribution in [-0.2, 0) is 0 Å². The van der Waals surface area contributed by atoms with E-state index in [1.807, 2.05) is 13.0 Å². The molecule has 0 atom stereocenters. The lowest BCUT2D eigenvalue weighted by atomic mass is 10.3. The van der Waals surface area contributed by atoms with Gasteiger partial charge in [-0.1, -0.05) is 12.2 Å². The molecule has 0 saturated carbocycles. The molecule has 1 aromatic carbocycles. The van der Waals surface area contributed by atoms with Crippen LogP contribution < -0.4 is 15.4 Å². The highest BCUT2D eigenvalue weighted by Crippen LogP contribution is 2.17. The number of ether oxygens (including phenoxy) is 1. The summed E-state index contributed by atoms with van der Waals surface area (Å²) in [6.45, 7) is 3.45. The molecule has 1 rings (SSSR count). The average Bonchev–Trinajstić information content (AvgIpc) is 2.47. The van der Waals surface area contributed by atoms with Crippen molar-refractivity contribution >= 4 is 29.9 Å². The molecule has 0 fully saturated rings. The molecule has 1 aromatic rings. The zero-order valence-corrected chi connectivity index (χ0v) is 15.1. The molecule has 0 heterocycles. The van der Waals surface area contributed by atoms with E-state index in [1.165, 1.54) is 6.07 Å². The van der Waals surface area contributed by atoms with Gasteiger partial charge in [-0.3, -0.25) is 4.99 Å². The quantitative estimate of drug-likeness (QED) is 0.232. The molecule has 7 heteroatoms. The number of allylic oxidation sites excluding steroid dienone is 1. The number of nitrogens with one attached hydrogen (secondary N) is 2. The topological polar surface area (TPSA) is 45.7 Å². The molecule has 0 spiro atoms. The van der Waals surface area contributed by atoms with Crippen LogP contribution in [0.25, 0.3) is 0 Å². The van der Waals surface area contributed by atoms with E-state index in [1.54, 1.807) is 7.05 Å². The Balaban J connectivity index is 0.00000441. The fourth-order valence-corrected chi connectivity index (χ4v) is 1.58. The number of hydrogen-bond acceptors (Lipinski definition) is 2. The van der Waals surface area contributed by atoms with Crippen molar-refractivity contribution in [3.8, 4) is 5.75 Å². The summed E-state index contributed by atoms with van der Waals surface area (Å²) in [6, 6.07) is 3.23.